The first-order chi connectivity index (χ1) is 7.70. The van der Waals surface area contributed by atoms with Gasteiger partial charge in [-0.05, 0) is 44.5 Å². The van der Waals surface area contributed by atoms with Gasteiger partial charge in [0.15, 0.2) is 0 Å². The molecule has 0 unspecified atom stereocenters. The fourth-order valence-electron chi connectivity index (χ4n) is 1.15. The summed E-state index contributed by atoms with van der Waals surface area (Å²) in [6, 6.07) is 2.06. The maximum atomic E-state index is 4.20. The largest absolute Gasteiger partial charge is 0.311 e. The van der Waals surface area contributed by atoms with E-state index in [1.165, 1.54) is 0 Å². The molecule has 0 aliphatic rings. The highest BCUT2D eigenvalue weighted by atomic mass is 79.9. The van der Waals surface area contributed by atoms with Gasteiger partial charge in [0.25, 0.3) is 0 Å². The van der Waals surface area contributed by atoms with Crippen molar-refractivity contribution in [1.29, 1.82) is 0 Å². The highest BCUT2D eigenvalue weighted by Gasteiger charge is 2.12. The molecule has 16 heavy (non-hydrogen) atoms. The van der Waals surface area contributed by atoms with Crippen molar-refractivity contribution in [1.82, 2.24) is 15.5 Å². The topological polar surface area (TPSA) is 37.8 Å². The van der Waals surface area contributed by atoms with Crippen LogP contribution in [0.4, 0.5) is 0 Å². The van der Waals surface area contributed by atoms with E-state index < -0.39 is 0 Å². The Labute approximate surface area is 119 Å². The van der Waals surface area contributed by atoms with Crippen LogP contribution in [-0.2, 0) is 6.54 Å². The first-order valence-corrected chi connectivity index (χ1v) is 7.91. The fraction of sp³-hybridized carbons (Fsp3) is 0.333. The second-order valence-electron chi connectivity index (χ2n) is 3.02. The lowest BCUT2D eigenvalue weighted by molar-refractivity contribution is 0.715. The van der Waals surface area contributed by atoms with Gasteiger partial charge in [-0.25, -0.2) is 0 Å². The molecule has 0 saturated carbocycles. The summed E-state index contributed by atoms with van der Waals surface area (Å²) in [6.45, 7) is 3.81. The summed E-state index contributed by atoms with van der Waals surface area (Å²) >= 11 is 10.3. The Bertz CT molecular complexity index is 481. The number of halogens is 2. The molecule has 0 aromatic carbocycles. The summed E-state index contributed by atoms with van der Waals surface area (Å²) in [7, 11) is 0. The number of aromatic nitrogens is 2. The number of rotatable bonds is 4. The number of nitrogens with zero attached hydrogens (tertiary/aromatic N) is 2. The SMILES string of the molecule is CCNCc1nnc(-c2cc(Br)sc2Br)s1. The molecule has 0 saturated heterocycles. The smallest absolute Gasteiger partial charge is 0.149 e. The monoisotopic (exact) mass is 381 g/mol. The van der Waals surface area contributed by atoms with Crippen molar-refractivity contribution in [3.63, 3.8) is 0 Å². The van der Waals surface area contributed by atoms with Gasteiger partial charge in [-0.2, -0.15) is 0 Å². The second-order valence-corrected chi connectivity index (χ2v) is 7.83. The third-order valence-electron chi connectivity index (χ3n) is 1.88. The van der Waals surface area contributed by atoms with Crippen LogP contribution in [-0.4, -0.2) is 16.7 Å². The van der Waals surface area contributed by atoms with Crippen LogP contribution >= 0.6 is 54.5 Å². The second kappa shape index (κ2) is 5.68. The molecule has 7 heteroatoms. The van der Waals surface area contributed by atoms with Crippen LogP contribution in [0.1, 0.15) is 11.9 Å². The minimum absolute atomic E-state index is 0.789. The molecule has 0 fully saturated rings. The zero-order valence-electron chi connectivity index (χ0n) is 8.46. The zero-order chi connectivity index (χ0) is 11.5. The minimum Gasteiger partial charge on any atom is -0.311 e. The van der Waals surface area contributed by atoms with Crippen molar-refractivity contribution < 1.29 is 0 Å². The molecule has 2 aromatic heterocycles. The van der Waals surface area contributed by atoms with Crippen molar-refractivity contribution in [3.05, 3.63) is 18.6 Å². The third-order valence-corrected chi connectivity index (χ3v) is 5.18. The Morgan fingerprint density at radius 2 is 2.12 bits per heavy atom. The first-order valence-electron chi connectivity index (χ1n) is 4.69. The molecule has 2 heterocycles. The van der Waals surface area contributed by atoms with Crippen LogP contribution < -0.4 is 5.32 Å². The lowest BCUT2D eigenvalue weighted by Crippen LogP contribution is -2.11. The molecule has 0 radical (unpaired) electrons. The van der Waals surface area contributed by atoms with Crippen LogP contribution in [0.15, 0.2) is 13.6 Å². The number of thiophene rings is 1. The summed E-state index contributed by atoms with van der Waals surface area (Å²) in [5.41, 5.74) is 1.11. The van der Waals surface area contributed by atoms with E-state index in [1.54, 1.807) is 22.7 Å². The molecule has 86 valence electrons. The number of hydrogen-bond donors (Lipinski definition) is 1. The van der Waals surface area contributed by atoms with Crippen LogP contribution in [0.3, 0.4) is 0 Å². The molecule has 0 spiro atoms. The van der Waals surface area contributed by atoms with Gasteiger partial charge in [-0.1, -0.05) is 18.3 Å². The van der Waals surface area contributed by atoms with Crippen molar-refractivity contribution in [2.45, 2.75) is 13.5 Å². The maximum absolute atomic E-state index is 4.20. The van der Waals surface area contributed by atoms with Gasteiger partial charge in [0, 0.05) is 12.1 Å². The summed E-state index contributed by atoms with van der Waals surface area (Å²) < 4.78 is 2.18. The minimum atomic E-state index is 0.789. The average Bonchev–Trinajstić information content (AvgIpc) is 2.82. The standard InChI is InChI=1S/C9H9Br2N3S2/c1-2-12-4-7-13-14-9(16-7)5-3-6(10)15-8(5)11/h3,12H,2,4H2,1H3. The van der Waals surface area contributed by atoms with E-state index >= 15 is 0 Å². The Hall–Kier alpha value is 0.180. The summed E-state index contributed by atoms with van der Waals surface area (Å²) in [5, 5.41) is 13.6. The highest BCUT2D eigenvalue weighted by Crippen LogP contribution is 2.39. The third kappa shape index (κ3) is 2.89. The number of hydrogen-bond acceptors (Lipinski definition) is 5. The van der Waals surface area contributed by atoms with E-state index in [-0.39, 0.29) is 0 Å². The lowest BCUT2D eigenvalue weighted by Gasteiger charge is -1.93. The summed E-state index contributed by atoms with van der Waals surface area (Å²) in [6.07, 6.45) is 0. The average molecular weight is 383 g/mol. The zero-order valence-corrected chi connectivity index (χ0v) is 13.3. The predicted octanol–water partition coefficient (Wildman–Crippen LogP) is 3.90. The quantitative estimate of drug-likeness (QED) is 0.871. The molecule has 0 bridgehead atoms. The van der Waals surface area contributed by atoms with Gasteiger partial charge in [0.1, 0.15) is 10.0 Å². The molecule has 2 aromatic rings. The fourth-order valence-corrected chi connectivity index (χ4v) is 4.98. The van der Waals surface area contributed by atoms with Gasteiger partial charge in [-0.15, -0.1) is 21.5 Å². The Kier molecular flexibility index (Phi) is 4.48. The van der Waals surface area contributed by atoms with Crippen LogP contribution in [0.25, 0.3) is 10.6 Å². The normalized spacial score (nSPS) is 10.9. The Morgan fingerprint density at radius 3 is 2.75 bits per heavy atom. The van der Waals surface area contributed by atoms with Gasteiger partial charge >= 0.3 is 0 Å². The van der Waals surface area contributed by atoms with E-state index in [1.807, 2.05) is 0 Å². The van der Waals surface area contributed by atoms with Crippen molar-refractivity contribution in [2.24, 2.45) is 0 Å². The Balaban J connectivity index is 2.21. The van der Waals surface area contributed by atoms with Crippen molar-refractivity contribution in [3.8, 4) is 10.6 Å². The van der Waals surface area contributed by atoms with Crippen molar-refractivity contribution >= 4 is 54.5 Å². The molecule has 0 amide bonds. The molecule has 0 aliphatic heterocycles. The first kappa shape index (κ1) is 12.6. The van der Waals surface area contributed by atoms with E-state index in [0.29, 0.717) is 0 Å². The summed E-state index contributed by atoms with van der Waals surface area (Å²) in [4.78, 5) is 0. The molecular weight excluding hydrogens is 374 g/mol. The summed E-state index contributed by atoms with van der Waals surface area (Å²) in [5.74, 6) is 0. The van der Waals surface area contributed by atoms with E-state index in [4.69, 9.17) is 0 Å². The van der Waals surface area contributed by atoms with Gasteiger partial charge in [0.2, 0.25) is 0 Å². The van der Waals surface area contributed by atoms with Gasteiger partial charge in [-0.3, -0.25) is 0 Å². The molecule has 0 atom stereocenters. The molecular formula is C9H9Br2N3S2. The van der Waals surface area contributed by atoms with Gasteiger partial charge in [0.05, 0.1) is 7.57 Å². The van der Waals surface area contributed by atoms with Crippen LogP contribution in [0, 0.1) is 0 Å². The molecule has 3 nitrogen and oxygen atoms in total. The highest BCUT2D eigenvalue weighted by molar-refractivity contribution is 9.12. The van der Waals surface area contributed by atoms with Gasteiger partial charge < -0.3 is 5.32 Å². The van der Waals surface area contributed by atoms with E-state index in [0.717, 1.165) is 36.2 Å². The number of nitrogens with one attached hydrogen (secondary N) is 1. The Morgan fingerprint density at radius 1 is 1.31 bits per heavy atom. The molecule has 2 rings (SSSR count). The maximum Gasteiger partial charge on any atom is 0.149 e. The van der Waals surface area contributed by atoms with Crippen molar-refractivity contribution in [2.75, 3.05) is 6.54 Å². The van der Waals surface area contributed by atoms with Crippen LogP contribution in [0.5, 0.6) is 0 Å². The molecule has 1 N–H and O–H groups in total. The van der Waals surface area contributed by atoms with Crippen LogP contribution in [0.2, 0.25) is 0 Å². The van der Waals surface area contributed by atoms with E-state index in [9.17, 15) is 0 Å². The molecule has 0 aliphatic carbocycles. The van der Waals surface area contributed by atoms with E-state index in [2.05, 4.69) is 60.4 Å². The lowest BCUT2D eigenvalue weighted by atomic mass is 10.4. The predicted molar refractivity (Wildman–Crippen MR) is 76.0 cm³/mol.